The molecular formula is C9H4NO2S. The number of hydrogen-bond acceptors (Lipinski definition) is 3. The summed E-state index contributed by atoms with van der Waals surface area (Å²) in [7, 11) is 0. The van der Waals surface area contributed by atoms with Gasteiger partial charge in [0.05, 0.1) is 5.56 Å². The summed E-state index contributed by atoms with van der Waals surface area (Å²) < 4.78 is 0. The van der Waals surface area contributed by atoms with Crippen LogP contribution in [0.25, 0.3) is 0 Å². The molecule has 0 aromatic heterocycles. The van der Waals surface area contributed by atoms with Gasteiger partial charge < -0.3 is 0 Å². The van der Waals surface area contributed by atoms with Crippen molar-refractivity contribution in [1.29, 1.82) is 0 Å². The Morgan fingerprint density at radius 2 is 1.85 bits per heavy atom. The third-order valence-electron chi connectivity index (χ3n) is 1.89. The summed E-state index contributed by atoms with van der Waals surface area (Å²) in [5.41, 5.74) is 1.10. The van der Waals surface area contributed by atoms with E-state index < -0.39 is 5.91 Å². The van der Waals surface area contributed by atoms with Gasteiger partial charge in [0.1, 0.15) is 4.99 Å². The quantitative estimate of drug-likeness (QED) is 0.617. The minimum absolute atomic E-state index is 0.232. The van der Waals surface area contributed by atoms with Crippen LogP contribution in [0, 0.1) is 0 Å². The number of fused-ring (bicyclic) bond motifs is 1. The number of rotatable bonds is 1. The number of imide groups is 1. The Labute approximate surface area is 80.0 Å². The molecule has 0 atom stereocenters. The van der Waals surface area contributed by atoms with Gasteiger partial charge in [0.2, 0.25) is 0 Å². The van der Waals surface area contributed by atoms with Crippen LogP contribution in [-0.2, 0) is 4.79 Å². The molecule has 1 aromatic rings. The average Bonchev–Trinajstić information content (AvgIpc) is 2.41. The van der Waals surface area contributed by atoms with Crippen LogP contribution in [0.3, 0.4) is 0 Å². The first kappa shape index (κ1) is 8.07. The zero-order valence-electron chi connectivity index (χ0n) is 6.48. The van der Waals surface area contributed by atoms with Gasteiger partial charge >= 0.3 is 6.41 Å². The molecule has 4 heteroatoms. The Balaban J connectivity index is 2.63. The molecule has 0 fully saturated rings. The molecule has 0 unspecified atom stereocenters. The summed E-state index contributed by atoms with van der Waals surface area (Å²) in [6.45, 7) is 0. The highest BCUT2D eigenvalue weighted by Gasteiger charge is 2.32. The second kappa shape index (κ2) is 2.74. The van der Waals surface area contributed by atoms with Gasteiger partial charge in [0.25, 0.3) is 5.91 Å². The summed E-state index contributed by atoms with van der Waals surface area (Å²) in [6, 6.07) is 6.86. The number of hydrogen-bond donors (Lipinski definition) is 0. The molecule has 2 amide bonds. The Kier molecular flexibility index (Phi) is 1.70. The highest BCUT2D eigenvalue weighted by molar-refractivity contribution is 7.80. The first-order chi connectivity index (χ1) is 6.25. The van der Waals surface area contributed by atoms with Crippen molar-refractivity contribution < 1.29 is 9.59 Å². The number of carbonyl (C=O) groups excluding carboxylic acids is 2. The molecule has 0 bridgehead atoms. The Morgan fingerprint density at radius 3 is 2.38 bits per heavy atom. The minimum atomic E-state index is -0.393. The first-order valence-electron chi connectivity index (χ1n) is 3.61. The standard InChI is InChI=1S/C9H4NO2S/c11-5-10-8(12)6-3-1-2-4-7(6)9(10)13/h1-4H. The molecular weight excluding hydrogens is 186 g/mol. The van der Waals surface area contributed by atoms with Crippen LogP contribution < -0.4 is 0 Å². The smallest absolute Gasteiger partial charge is 0.268 e. The molecule has 0 N–H and O–H groups in total. The van der Waals surface area contributed by atoms with E-state index in [1.807, 2.05) is 0 Å². The zero-order chi connectivity index (χ0) is 9.42. The van der Waals surface area contributed by atoms with Gasteiger partial charge in [0.15, 0.2) is 0 Å². The highest BCUT2D eigenvalue weighted by Crippen LogP contribution is 2.21. The summed E-state index contributed by atoms with van der Waals surface area (Å²) in [4.78, 5) is 22.9. The lowest BCUT2D eigenvalue weighted by Crippen LogP contribution is -2.26. The summed E-state index contributed by atoms with van der Waals surface area (Å²) in [5.74, 6) is -0.393. The van der Waals surface area contributed by atoms with Gasteiger partial charge in [-0.2, -0.15) is 0 Å². The van der Waals surface area contributed by atoms with Crippen molar-refractivity contribution in [3.05, 3.63) is 35.4 Å². The van der Waals surface area contributed by atoms with E-state index in [0.717, 1.165) is 4.90 Å². The van der Waals surface area contributed by atoms with Gasteiger partial charge in [-0.25, -0.2) is 4.90 Å². The number of thiocarbonyl (C=S) groups is 1. The second-order valence-electron chi connectivity index (χ2n) is 2.58. The van der Waals surface area contributed by atoms with Crippen molar-refractivity contribution in [2.75, 3.05) is 0 Å². The number of nitrogens with zero attached hydrogens (tertiary/aromatic N) is 1. The van der Waals surface area contributed by atoms with Crippen molar-refractivity contribution in [2.45, 2.75) is 0 Å². The van der Waals surface area contributed by atoms with E-state index in [2.05, 4.69) is 0 Å². The lowest BCUT2D eigenvalue weighted by molar-refractivity contribution is 0.0912. The molecule has 0 spiro atoms. The molecule has 13 heavy (non-hydrogen) atoms. The molecule has 2 rings (SSSR count). The van der Waals surface area contributed by atoms with Crippen LogP contribution in [-0.4, -0.2) is 22.2 Å². The summed E-state index contributed by atoms with van der Waals surface area (Å²) in [6.07, 6.45) is 1.50. The largest absolute Gasteiger partial charge is 0.325 e. The third kappa shape index (κ3) is 0.990. The molecule has 1 aromatic carbocycles. The van der Waals surface area contributed by atoms with E-state index in [-0.39, 0.29) is 4.99 Å². The molecule has 0 aliphatic carbocycles. The fourth-order valence-corrected chi connectivity index (χ4v) is 1.57. The maximum Gasteiger partial charge on any atom is 0.325 e. The van der Waals surface area contributed by atoms with Crippen LogP contribution in [0.1, 0.15) is 15.9 Å². The van der Waals surface area contributed by atoms with Gasteiger partial charge in [-0.05, 0) is 6.07 Å². The van der Waals surface area contributed by atoms with E-state index in [9.17, 15) is 9.59 Å². The molecule has 1 aliphatic heterocycles. The van der Waals surface area contributed by atoms with Crippen LogP contribution >= 0.6 is 12.2 Å². The molecule has 1 aliphatic rings. The molecule has 1 radical (unpaired) electrons. The Hall–Kier alpha value is -1.55. The third-order valence-corrected chi connectivity index (χ3v) is 2.29. The van der Waals surface area contributed by atoms with E-state index in [1.54, 1.807) is 24.3 Å². The van der Waals surface area contributed by atoms with Crippen LogP contribution in [0.15, 0.2) is 24.3 Å². The van der Waals surface area contributed by atoms with Crippen molar-refractivity contribution >= 4 is 29.5 Å². The highest BCUT2D eigenvalue weighted by atomic mass is 32.1. The predicted molar refractivity (Wildman–Crippen MR) is 50.0 cm³/mol. The normalized spacial score (nSPS) is 14.6. The number of benzene rings is 1. The van der Waals surface area contributed by atoms with Gasteiger partial charge in [-0.3, -0.25) is 9.59 Å². The maximum absolute atomic E-state index is 11.4. The van der Waals surface area contributed by atoms with Gasteiger partial charge in [0, 0.05) is 5.56 Å². The summed E-state index contributed by atoms with van der Waals surface area (Å²) in [5, 5.41) is 0. The fourth-order valence-electron chi connectivity index (χ4n) is 1.27. The van der Waals surface area contributed by atoms with E-state index in [4.69, 9.17) is 12.2 Å². The van der Waals surface area contributed by atoms with Crippen molar-refractivity contribution in [2.24, 2.45) is 0 Å². The first-order valence-corrected chi connectivity index (χ1v) is 4.02. The second-order valence-corrected chi connectivity index (χ2v) is 2.97. The van der Waals surface area contributed by atoms with Gasteiger partial charge in [-0.1, -0.05) is 30.4 Å². The van der Waals surface area contributed by atoms with E-state index >= 15 is 0 Å². The SMILES string of the molecule is O=[C]N1C(=O)c2ccccc2C1=S. The zero-order valence-corrected chi connectivity index (χ0v) is 7.30. The lowest BCUT2D eigenvalue weighted by Gasteiger charge is -2.02. The van der Waals surface area contributed by atoms with Crippen molar-refractivity contribution in [1.82, 2.24) is 4.90 Å². The minimum Gasteiger partial charge on any atom is -0.268 e. The van der Waals surface area contributed by atoms with Crippen LogP contribution in [0.5, 0.6) is 0 Å². The number of amides is 2. The fraction of sp³-hybridized carbons (Fsp3) is 0. The lowest BCUT2D eigenvalue weighted by atomic mass is 10.1. The molecule has 0 saturated carbocycles. The molecule has 0 saturated heterocycles. The Bertz CT molecular complexity index is 379. The predicted octanol–water partition coefficient (Wildman–Crippen LogP) is 0.885. The van der Waals surface area contributed by atoms with E-state index in [1.165, 1.54) is 6.41 Å². The van der Waals surface area contributed by atoms with Crippen molar-refractivity contribution in [3.63, 3.8) is 0 Å². The number of carbonyl (C=O) groups is 1. The Morgan fingerprint density at radius 1 is 1.23 bits per heavy atom. The van der Waals surface area contributed by atoms with Gasteiger partial charge in [-0.15, -0.1) is 0 Å². The van der Waals surface area contributed by atoms with Crippen molar-refractivity contribution in [3.8, 4) is 0 Å². The van der Waals surface area contributed by atoms with Crippen LogP contribution in [0.2, 0.25) is 0 Å². The average molecular weight is 190 g/mol. The molecule has 63 valence electrons. The molecule has 3 nitrogen and oxygen atoms in total. The monoisotopic (exact) mass is 190 g/mol. The van der Waals surface area contributed by atoms with Crippen LogP contribution in [0.4, 0.5) is 0 Å². The maximum atomic E-state index is 11.4. The van der Waals surface area contributed by atoms with E-state index in [0.29, 0.717) is 11.1 Å². The topological polar surface area (TPSA) is 37.4 Å². The summed E-state index contributed by atoms with van der Waals surface area (Å²) >= 11 is 4.91. The molecule has 1 heterocycles.